The van der Waals surface area contributed by atoms with Gasteiger partial charge in [0, 0.05) is 11.8 Å². The lowest BCUT2D eigenvalue weighted by molar-refractivity contribution is 0.0693. The number of hydrogen-bond donors (Lipinski definition) is 2. The Kier molecular flexibility index (Phi) is 3.46. The predicted octanol–water partition coefficient (Wildman–Crippen LogP) is 1.85. The molecule has 1 aromatic carbocycles. The molecule has 7 heteroatoms. The number of ketones is 1. The van der Waals surface area contributed by atoms with Crippen molar-refractivity contribution in [2.75, 3.05) is 12.8 Å². The number of carboxylic acid groups (broad SMARTS) is 1. The number of pyridine rings is 1. The molecule has 0 aliphatic heterocycles. The fourth-order valence-corrected chi connectivity index (χ4v) is 2.34. The van der Waals surface area contributed by atoms with Crippen LogP contribution in [0.1, 0.15) is 26.7 Å². The number of ether oxygens (including phenoxy) is 1. The Morgan fingerprint density at radius 1 is 1.26 bits per heavy atom. The Labute approximate surface area is 130 Å². The summed E-state index contributed by atoms with van der Waals surface area (Å²) in [5, 5.41) is 9.24. The fourth-order valence-electron chi connectivity index (χ4n) is 2.34. The SMILES string of the molecule is COc1cc(C(=O)c2nc(C(=O)O)c3ccccn23)ccc1N. The highest BCUT2D eigenvalue weighted by Crippen LogP contribution is 2.24. The van der Waals surface area contributed by atoms with E-state index in [1.165, 1.54) is 17.6 Å². The molecule has 116 valence electrons. The van der Waals surface area contributed by atoms with Crippen LogP contribution in [0.25, 0.3) is 5.52 Å². The molecule has 2 heterocycles. The lowest BCUT2D eigenvalue weighted by Crippen LogP contribution is -2.08. The molecule has 0 fully saturated rings. The maximum absolute atomic E-state index is 12.7. The van der Waals surface area contributed by atoms with Gasteiger partial charge in [-0.05, 0) is 30.3 Å². The molecular weight excluding hydrogens is 298 g/mol. The lowest BCUT2D eigenvalue weighted by atomic mass is 10.1. The Hall–Kier alpha value is -3.35. The molecule has 23 heavy (non-hydrogen) atoms. The topological polar surface area (TPSA) is 107 Å². The predicted molar refractivity (Wildman–Crippen MR) is 83.0 cm³/mol. The average Bonchev–Trinajstić information content (AvgIpc) is 2.94. The first-order chi connectivity index (χ1) is 11.0. The van der Waals surface area contributed by atoms with E-state index in [0.717, 1.165) is 0 Å². The number of aromatic carboxylic acids is 1. The first-order valence-corrected chi connectivity index (χ1v) is 6.71. The number of fused-ring (bicyclic) bond motifs is 1. The molecule has 0 unspecified atom stereocenters. The number of nitrogen functional groups attached to an aromatic ring is 1. The van der Waals surface area contributed by atoms with Gasteiger partial charge in [-0.1, -0.05) is 6.07 Å². The van der Waals surface area contributed by atoms with E-state index in [2.05, 4.69) is 4.98 Å². The van der Waals surface area contributed by atoms with E-state index in [9.17, 15) is 14.7 Å². The zero-order chi connectivity index (χ0) is 16.6. The van der Waals surface area contributed by atoms with Gasteiger partial charge in [0.25, 0.3) is 0 Å². The Bertz CT molecular complexity index is 930. The summed E-state index contributed by atoms with van der Waals surface area (Å²) < 4.78 is 6.56. The molecule has 2 aromatic heterocycles. The highest BCUT2D eigenvalue weighted by Gasteiger charge is 2.22. The smallest absolute Gasteiger partial charge is 0.356 e. The zero-order valence-electron chi connectivity index (χ0n) is 12.2. The minimum absolute atomic E-state index is 0.0184. The van der Waals surface area contributed by atoms with Crippen molar-refractivity contribution in [3.8, 4) is 5.75 Å². The second-order valence-electron chi connectivity index (χ2n) is 4.83. The minimum atomic E-state index is -1.19. The number of imidazole rings is 1. The van der Waals surface area contributed by atoms with Crippen molar-refractivity contribution in [1.29, 1.82) is 0 Å². The molecule has 3 N–H and O–H groups in total. The molecular formula is C16H13N3O4. The lowest BCUT2D eigenvalue weighted by Gasteiger charge is -2.06. The van der Waals surface area contributed by atoms with Crippen LogP contribution in [0.5, 0.6) is 5.75 Å². The highest BCUT2D eigenvalue weighted by atomic mass is 16.5. The summed E-state index contributed by atoms with van der Waals surface area (Å²) in [6.07, 6.45) is 1.59. The van der Waals surface area contributed by atoms with Crippen LogP contribution in [-0.2, 0) is 0 Å². The van der Waals surface area contributed by atoms with E-state index >= 15 is 0 Å². The number of anilines is 1. The number of nitrogens with zero attached hydrogens (tertiary/aromatic N) is 2. The summed E-state index contributed by atoms with van der Waals surface area (Å²) in [4.78, 5) is 28.0. The molecule has 0 bridgehead atoms. The van der Waals surface area contributed by atoms with Crippen LogP contribution in [-0.4, -0.2) is 33.4 Å². The number of hydrogen-bond acceptors (Lipinski definition) is 5. The van der Waals surface area contributed by atoms with E-state index in [1.54, 1.807) is 36.5 Å². The van der Waals surface area contributed by atoms with Crippen molar-refractivity contribution in [1.82, 2.24) is 9.38 Å². The molecule has 0 aliphatic carbocycles. The molecule has 3 aromatic rings. The maximum atomic E-state index is 12.7. The van der Waals surface area contributed by atoms with Gasteiger partial charge in [0.2, 0.25) is 5.78 Å². The number of methoxy groups -OCH3 is 1. The molecule has 3 rings (SSSR count). The number of benzene rings is 1. The Morgan fingerprint density at radius 2 is 2.04 bits per heavy atom. The number of aromatic nitrogens is 2. The van der Waals surface area contributed by atoms with Crippen LogP contribution in [0, 0.1) is 0 Å². The van der Waals surface area contributed by atoms with Crippen molar-refractivity contribution in [3.05, 3.63) is 59.7 Å². The second kappa shape index (κ2) is 5.45. The van der Waals surface area contributed by atoms with E-state index in [4.69, 9.17) is 10.5 Å². The summed E-state index contributed by atoms with van der Waals surface area (Å²) in [5.74, 6) is -1.22. The Morgan fingerprint density at radius 3 is 2.74 bits per heavy atom. The second-order valence-corrected chi connectivity index (χ2v) is 4.83. The van der Waals surface area contributed by atoms with Crippen LogP contribution < -0.4 is 10.5 Å². The highest BCUT2D eigenvalue weighted by molar-refractivity contribution is 6.09. The van der Waals surface area contributed by atoms with Crippen molar-refractivity contribution in [2.45, 2.75) is 0 Å². The van der Waals surface area contributed by atoms with Gasteiger partial charge in [0.15, 0.2) is 11.5 Å². The van der Waals surface area contributed by atoms with E-state index in [1.807, 2.05) is 0 Å². The molecule has 7 nitrogen and oxygen atoms in total. The number of carboxylic acids is 1. The molecule has 0 amide bonds. The molecule has 0 aliphatic rings. The summed E-state index contributed by atoms with van der Waals surface area (Å²) in [6, 6.07) is 9.58. The third-order valence-corrected chi connectivity index (χ3v) is 3.45. The van der Waals surface area contributed by atoms with Crippen LogP contribution in [0.2, 0.25) is 0 Å². The van der Waals surface area contributed by atoms with Gasteiger partial charge >= 0.3 is 5.97 Å². The van der Waals surface area contributed by atoms with Gasteiger partial charge in [0.1, 0.15) is 5.75 Å². The largest absolute Gasteiger partial charge is 0.495 e. The molecule has 0 saturated heterocycles. The summed E-state index contributed by atoms with van der Waals surface area (Å²) in [5.41, 5.74) is 6.64. The van der Waals surface area contributed by atoms with Crippen molar-refractivity contribution in [2.24, 2.45) is 0 Å². The van der Waals surface area contributed by atoms with Crippen LogP contribution >= 0.6 is 0 Å². The first kappa shape index (κ1) is 14.6. The van der Waals surface area contributed by atoms with Gasteiger partial charge in [-0.2, -0.15) is 0 Å². The van der Waals surface area contributed by atoms with Crippen molar-refractivity contribution >= 4 is 23.0 Å². The summed E-state index contributed by atoms with van der Waals surface area (Å²) >= 11 is 0. The van der Waals surface area contributed by atoms with Crippen LogP contribution in [0.4, 0.5) is 5.69 Å². The first-order valence-electron chi connectivity index (χ1n) is 6.71. The minimum Gasteiger partial charge on any atom is -0.495 e. The number of carbonyl (C=O) groups is 2. The zero-order valence-corrected chi connectivity index (χ0v) is 12.2. The van der Waals surface area contributed by atoms with Gasteiger partial charge in [-0.25, -0.2) is 9.78 Å². The molecule has 0 atom stereocenters. The number of rotatable bonds is 4. The van der Waals surface area contributed by atoms with Crippen LogP contribution in [0.15, 0.2) is 42.6 Å². The van der Waals surface area contributed by atoms with E-state index in [-0.39, 0.29) is 11.5 Å². The standard InChI is InChI=1S/C16H13N3O4/c1-23-12-8-9(5-6-10(12)17)14(20)15-18-13(16(21)22)11-4-2-3-7-19(11)15/h2-8H,17H2,1H3,(H,21,22). The van der Waals surface area contributed by atoms with Gasteiger partial charge in [0.05, 0.1) is 18.3 Å². The summed E-state index contributed by atoms with van der Waals surface area (Å²) in [6.45, 7) is 0. The average molecular weight is 311 g/mol. The van der Waals surface area contributed by atoms with Gasteiger partial charge in [-0.3, -0.25) is 9.20 Å². The van der Waals surface area contributed by atoms with Gasteiger partial charge in [-0.15, -0.1) is 0 Å². The normalized spacial score (nSPS) is 10.7. The molecule has 0 spiro atoms. The number of carbonyl (C=O) groups excluding carboxylic acids is 1. The summed E-state index contributed by atoms with van der Waals surface area (Å²) in [7, 11) is 1.45. The monoisotopic (exact) mass is 311 g/mol. The van der Waals surface area contributed by atoms with E-state index in [0.29, 0.717) is 22.5 Å². The third-order valence-electron chi connectivity index (χ3n) is 3.45. The third kappa shape index (κ3) is 2.38. The molecule has 0 radical (unpaired) electrons. The van der Waals surface area contributed by atoms with Crippen molar-refractivity contribution in [3.63, 3.8) is 0 Å². The maximum Gasteiger partial charge on any atom is 0.356 e. The fraction of sp³-hybridized carbons (Fsp3) is 0.0625. The van der Waals surface area contributed by atoms with E-state index < -0.39 is 11.8 Å². The van der Waals surface area contributed by atoms with Crippen molar-refractivity contribution < 1.29 is 19.4 Å². The van der Waals surface area contributed by atoms with Gasteiger partial charge < -0.3 is 15.6 Å². The van der Waals surface area contributed by atoms with Crippen LogP contribution in [0.3, 0.4) is 0 Å². The molecule has 0 saturated carbocycles. The Balaban J connectivity index is 2.17. The number of nitrogens with two attached hydrogens (primary N) is 1. The quantitative estimate of drug-likeness (QED) is 0.562.